The highest BCUT2D eigenvalue weighted by molar-refractivity contribution is 5.98. The van der Waals surface area contributed by atoms with Gasteiger partial charge in [0.25, 0.3) is 0 Å². The zero-order valence-electron chi connectivity index (χ0n) is 14.8. The summed E-state index contributed by atoms with van der Waals surface area (Å²) >= 11 is 0. The van der Waals surface area contributed by atoms with Crippen molar-refractivity contribution in [2.45, 2.75) is 45.6 Å². The van der Waals surface area contributed by atoms with E-state index in [1.807, 2.05) is 29.2 Å². The number of nitrogens with one attached hydrogen (secondary N) is 1. The molecule has 2 aromatic rings. The summed E-state index contributed by atoms with van der Waals surface area (Å²) in [5.74, 6) is 0.212. The van der Waals surface area contributed by atoms with E-state index < -0.39 is 0 Å². The Morgan fingerprint density at radius 2 is 1.83 bits per heavy atom. The molecule has 1 heterocycles. The highest BCUT2D eigenvalue weighted by Crippen LogP contribution is 2.34. The van der Waals surface area contributed by atoms with Crippen LogP contribution in [0.15, 0.2) is 48.5 Å². The Balaban J connectivity index is 1.65. The molecule has 0 fully saturated rings. The van der Waals surface area contributed by atoms with Crippen molar-refractivity contribution in [1.29, 1.82) is 0 Å². The fraction of sp³-hybridized carbons (Fsp3) is 0.381. The minimum absolute atomic E-state index is 0.110. The molecule has 0 atom stereocenters. The number of benzene rings is 2. The van der Waals surface area contributed by atoms with Crippen LogP contribution in [-0.2, 0) is 11.2 Å². The number of hydrogen-bond donors (Lipinski definition) is 1. The van der Waals surface area contributed by atoms with Gasteiger partial charge in [0, 0.05) is 18.5 Å². The first-order valence-corrected chi connectivity index (χ1v) is 8.68. The summed E-state index contributed by atoms with van der Waals surface area (Å²) in [5, 5.41) is 3.51. The molecule has 3 heteroatoms. The van der Waals surface area contributed by atoms with E-state index in [4.69, 9.17) is 0 Å². The third-order valence-corrected chi connectivity index (χ3v) is 4.50. The lowest BCUT2D eigenvalue weighted by atomic mass is 9.98. The molecule has 0 radical (unpaired) electrons. The van der Waals surface area contributed by atoms with Crippen LogP contribution in [-0.4, -0.2) is 18.0 Å². The van der Waals surface area contributed by atoms with Gasteiger partial charge in [0.1, 0.15) is 0 Å². The van der Waals surface area contributed by atoms with Crippen molar-refractivity contribution in [1.82, 2.24) is 0 Å². The molecule has 24 heavy (non-hydrogen) atoms. The molecule has 0 spiro atoms. The van der Waals surface area contributed by atoms with E-state index in [1.54, 1.807) is 0 Å². The molecule has 1 aliphatic heterocycles. The van der Waals surface area contributed by atoms with Crippen molar-refractivity contribution in [2.24, 2.45) is 0 Å². The smallest absolute Gasteiger partial charge is 0.227 e. The number of amides is 1. The monoisotopic (exact) mass is 322 g/mol. The summed E-state index contributed by atoms with van der Waals surface area (Å²) in [5.41, 5.74) is 4.50. The van der Waals surface area contributed by atoms with Gasteiger partial charge >= 0.3 is 0 Å². The Morgan fingerprint density at radius 1 is 1.12 bits per heavy atom. The molecular weight excluding hydrogens is 296 g/mol. The molecule has 0 unspecified atom stereocenters. The number of hydrogen-bond acceptors (Lipinski definition) is 2. The lowest BCUT2D eigenvalue weighted by Gasteiger charge is -2.41. The van der Waals surface area contributed by atoms with E-state index in [9.17, 15) is 4.79 Å². The lowest BCUT2D eigenvalue weighted by molar-refractivity contribution is -0.118. The van der Waals surface area contributed by atoms with Gasteiger partial charge in [-0.3, -0.25) is 4.79 Å². The van der Waals surface area contributed by atoms with Crippen molar-refractivity contribution < 1.29 is 4.79 Å². The minimum atomic E-state index is -0.110. The summed E-state index contributed by atoms with van der Waals surface area (Å²) < 4.78 is 0. The number of aryl methyl sites for hydroxylation is 2. The average Bonchev–Trinajstić information content (AvgIpc) is 2.55. The first-order valence-electron chi connectivity index (χ1n) is 8.68. The van der Waals surface area contributed by atoms with E-state index in [2.05, 4.69) is 50.4 Å². The third kappa shape index (κ3) is 3.78. The van der Waals surface area contributed by atoms with E-state index in [-0.39, 0.29) is 11.4 Å². The fourth-order valence-electron chi connectivity index (χ4n) is 3.26. The zero-order valence-corrected chi connectivity index (χ0v) is 14.8. The van der Waals surface area contributed by atoms with Gasteiger partial charge in [-0.15, -0.1) is 0 Å². The van der Waals surface area contributed by atoms with Crippen molar-refractivity contribution in [2.75, 3.05) is 16.8 Å². The van der Waals surface area contributed by atoms with Gasteiger partial charge in [0.15, 0.2) is 0 Å². The predicted molar refractivity (Wildman–Crippen MR) is 101 cm³/mol. The largest absolute Gasteiger partial charge is 0.377 e. The number of nitrogens with zero attached hydrogens (tertiary/aromatic N) is 1. The Kier molecular flexibility index (Phi) is 4.61. The molecular formula is C21H26N2O. The van der Waals surface area contributed by atoms with Gasteiger partial charge in [-0.2, -0.15) is 0 Å². The first-order chi connectivity index (χ1) is 11.4. The summed E-state index contributed by atoms with van der Waals surface area (Å²) in [6.45, 7) is 7.06. The topological polar surface area (TPSA) is 32.3 Å². The predicted octanol–water partition coefficient (Wildman–Crippen LogP) is 4.56. The SMILES string of the molecule is Cc1ccc(CCCC(=O)N2CC(C)(C)Nc3ccccc32)cc1. The van der Waals surface area contributed by atoms with Crippen LogP contribution < -0.4 is 10.2 Å². The molecule has 3 rings (SSSR count). The number of carbonyl (C=O) groups excluding carboxylic acids is 1. The quantitative estimate of drug-likeness (QED) is 0.895. The Hall–Kier alpha value is -2.29. The van der Waals surface area contributed by atoms with Crippen LogP contribution in [0.5, 0.6) is 0 Å². The second-order valence-electron chi connectivity index (χ2n) is 7.35. The molecule has 0 saturated heterocycles. The maximum absolute atomic E-state index is 12.8. The standard InChI is InChI=1S/C21H26N2O/c1-16-11-13-17(14-12-16)7-6-10-20(24)23-15-21(2,3)22-18-8-4-5-9-19(18)23/h4-5,8-9,11-14,22H,6-7,10,15H2,1-3H3. The van der Waals surface area contributed by atoms with Crippen LogP contribution in [0.3, 0.4) is 0 Å². The molecule has 1 aliphatic rings. The second-order valence-corrected chi connectivity index (χ2v) is 7.35. The Labute approximate surface area is 144 Å². The normalized spacial score (nSPS) is 15.5. The van der Waals surface area contributed by atoms with Gasteiger partial charge in [-0.05, 0) is 51.3 Å². The molecule has 2 aromatic carbocycles. The minimum Gasteiger partial charge on any atom is -0.377 e. The van der Waals surface area contributed by atoms with E-state index >= 15 is 0 Å². The van der Waals surface area contributed by atoms with E-state index in [0.29, 0.717) is 13.0 Å². The molecule has 0 aromatic heterocycles. The van der Waals surface area contributed by atoms with Gasteiger partial charge in [0.2, 0.25) is 5.91 Å². The molecule has 3 nitrogen and oxygen atoms in total. The average molecular weight is 322 g/mol. The van der Waals surface area contributed by atoms with Crippen LogP contribution in [0.4, 0.5) is 11.4 Å². The highest BCUT2D eigenvalue weighted by atomic mass is 16.2. The summed E-state index contributed by atoms with van der Waals surface area (Å²) in [6.07, 6.45) is 2.41. The number of para-hydroxylation sites is 2. The van der Waals surface area contributed by atoms with Crippen LogP contribution in [0.1, 0.15) is 37.8 Å². The number of anilines is 2. The zero-order chi connectivity index (χ0) is 17.2. The maximum atomic E-state index is 12.8. The van der Waals surface area contributed by atoms with Gasteiger partial charge < -0.3 is 10.2 Å². The number of rotatable bonds is 4. The van der Waals surface area contributed by atoms with Gasteiger partial charge in [-0.1, -0.05) is 42.0 Å². The van der Waals surface area contributed by atoms with Crippen molar-refractivity contribution in [3.8, 4) is 0 Å². The third-order valence-electron chi connectivity index (χ3n) is 4.50. The first kappa shape index (κ1) is 16.6. The van der Waals surface area contributed by atoms with Crippen LogP contribution in [0, 0.1) is 6.92 Å². The lowest BCUT2D eigenvalue weighted by Crippen LogP contribution is -2.50. The number of fused-ring (bicyclic) bond motifs is 1. The second kappa shape index (κ2) is 6.68. The van der Waals surface area contributed by atoms with Crippen LogP contribution in [0.25, 0.3) is 0 Å². The molecule has 126 valence electrons. The maximum Gasteiger partial charge on any atom is 0.227 e. The highest BCUT2D eigenvalue weighted by Gasteiger charge is 2.32. The van der Waals surface area contributed by atoms with Gasteiger partial charge in [0.05, 0.1) is 11.4 Å². The van der Waals surface area contributed by atoms with Gasteiger partial charge in [-0.25, -0.2) is 0 Å². The molecule has 0 aliphatic carbocycles. The van der Waals surface area contributed by atoms with Crippen molar-refractivity contribution >= 4 is 17.3 Å². The molecule has 1 amide bonds. The summed E-state index contributed by atoms with van der Waals surface area (Å²) in [6, 6.07) is 16.6. The molecule has 0 bridgehead atoms. The van der Waals surface area contributed by atoms with Crippen LogP contribution >= 0.6 is 0 Å². The van der Waals surface area contributed by atoms with Crippen molar-refractivity contribution in [3.05, 3.63) is 59.7 Å². The Morgan fingerprint density at radius 3 is 2.58 bits per heavy atom. The van der Waals surface area contributed by atoms with Crippen LogP contribution in [0.2, 0.25) is 0 Å². The summed E-state index contributed by atoms with van der Waals surface area (Å²) in [4.78, 5) is 14.7. The molecule has 1 N–H and O–H groups in total. The fourth-order valence-corrected chi connectivity index (χ4v) is 3.26. The number of carbonyl (C=O) groups is 1. The van der Waals surface area contributed by atoms with E-state index in [0.717, 1.165) is 24.2 Å². The van der Waals surface area contributed by atoms with E-state index in [1.165, 1.54) is 11.1 Å². The molecule has 0 saturated carbocycles. The van der Waals surface area contributed by atoms with Crippen molar-refractivity contribution in [3.63, 3.8) is 0 Å². The summed E-state index contributed by atoms with van der Waals surface area (Å²) in [7, 11) is 0. The Bertz CT molecular complexity index is 719.